The van der Waals surface area contributed by atoms with E-state index in [1.54, 1.807) is 42.5 Å². The Hall–Kier alpha value is -2.56. The Morgan fingerprint density at radius 3 is 2.12 bits per heavy atom. The van der Waals surface area contributed by atoms with Gasteiger partial charge in [0.1, 0.15) is 0 Å². The lowest BCUT2D eigenvalue weighted by Crippen LogP contribution is -2.01. The van der Waals surface area contributed by atoms with E-state index in [0.29, 0.717) is 26.9 Å². The molecule has 0 unspecified atom stereocenters. The van der Waals surface area contributed by atoms with Gasteiger partial charge >= 0.3 is 0 Å². The smallest absolute Gasteiger partial charge is 0.163 e. The highest BCUT2D eigenvalue weighted by Gasteiger charge is 2.05. The second-order valence-electron chi connectivity index (χ2n) is 5.38. The molecule has 2 rings (SSSR count). The maximum atomic E-state index is 11.9. The van der Waals surface area contributed by atoms with Crippen molar-refractivity contribution < 1.29 is 19.4 Å². The zero-order valence-electron chi connectivity index (χ0n) is 13.9. The van der Waals surface area contributed by atoms with Crippen molar-refractivity contribution in [2.24, 2.45) is 0 Å². The van der Waals surface area contributed by atoms with Crippen molar-refractivity contribution in [1.29, 1.82) is 0 Å². The molecule has 0 amide bonds. The van der Waals surface area contributed by atoms with Crippen molar-refractivity contribution >= 4 is 46.9 Å². The lowest BCUT2D eigenvalue weighted by Gasteiger charge is -2.03. The van der Waals surface area contributed by atoms with E-state index in [9.17, 15) is 14.7 Å². The van der Waals surface area contributed by atoms with Gasteiger partial charge in [0, 0.05) is 0 Å². The number of aromatic hydroxyl groups is 1. The first kappa shape index (κ1) is 19.8. The van der Waals surface area contributed by atoms with Gasteiger partial charge in [0.05, 0.1) is 23.6 Å². The number of phenols is 1. The number of ketones is 2. The van der Waals surface area contributed by atoms with E-state index in [4.69, 9.17) is 27.9 Å². The lowest BCUT2D eigenvalue weighted by molar-refractivity contribution is -0.121. The highest BCUT2D eigenvalue weighted by atomic mass is 35.5. The van der Waals surface area contributed by atoms with E-state index < -0.39 is 0 Å². The molecule has 0 saturated heterocycles. The van der Waals surface area contributed by atoms with Gasteiger partial charge in [0.15, 0.2) is 23.1 Å². The number of methoxy groups -OCH3 is 1. The number of carbonyl (C=O) groups excluding carboxylic acids is 2. The fourth-order valence-corrected chi connectivity index (χ4v) is 2.39. The topological polar surface area (TPSA) is 63.6 Å². The summed E-state index contributed by atoms with van der Waals surface area (Å²) in [6.45, 7) is 0. The molecule has 0 saturated carbocycles. The average molecular weight is 391 g/mol. The van der Waals surface area contributed by atoms with Crippen molar-refractivity contribution in [1.82, 2.24) is 0 Å². The van der Waals surface area contributed by atoms with Crippen LogP contribution in [0.5, 0.6) is 11.5 Å². The molecule has 0 spiro atoms. The number of phenolic OH excluding ortho intramolecular Hbond substituents is 1. The van der Waals surface area contributed by atoms with E-state index in [2.05, 4.69) is 0 Å². The minimum atomic E-state index is -0.333. The summed E-state index contributed by atoms with van der Waals surface area (Å²) >= 11 is 11.7. The Bertz CT molecular complexity index is 885. The Balaban J connectivity index is 1.95. The molecule has 0 heterocycles. The molecule has 0 aliphatic carbocycles. The van der Waals surface area contributed by atoms with E-state index in [0.717, 1.165) is 0 Å². The van der Waals surface area contributed by atoms with Crippen LogP contribution in [0.1, 0.15) is 17.5 Å². The van der Waals surface area contributed by atoms with E-state index in [-0.39, 0.29) is 23.7 Å². The summed E-state index contributed by atoms with van der Waals surface area (Å²) in [5.41, 5.74) is 1.39. The molecule has 0 atom stereocenters. The number of benzene rings is 2. The Morgan fingerprint density at radius 1 is 0.962 bits per heavy atom. The number of ether oxygens (including phenoxy) is 1. The maximum Gasteiger partial charge on any atom is 0.163 e. The van der Waals surface area contributed by atoms with Crippen LogP contribution in [0.4, 0.5) is 0 Å². The van der Waals surface area contributed by atoms with Crippen molar-refractivity contribution in [3.05, 3.63) is 69.7 Å². The van der Waals surface area contributed by atoms with Crippen LogP contribution in [-0.4, -0.2) is 23.8 Å². The number of hydrogen-bond donors (Lipinski definition) is 1. The summed E-state index contributed by atoms with van der Waals surface area (Å²) in [6.07, 6.45) is 5.53. The average Bonchev–Trinajstić information content (AvgIpc) is 2.62. The standard InChI is InChI=1S/C20H16Cl2O4/c1-26-20-11-14(5-9-19(20)25)3-7-16(24)12-15(23)6-2-13-4-8-17(21)18(22)10-13/h2-11,25H,12H2,1H3. The van der Waals surface area contributed by atoms with Crippen LogP contribution in [0.15, 0.2) is 48.6 Å². The van der Waals surface area contributed by atoms with E-state index in [1.165, 1.54) is 25.3 Å². The van der Waals surface area contributed by atoms with Crippen LogP contribution in [0, 0.1) is 0 Å². The van der Waals surface area contributed by atoms with Gasteiger partial charge < -0.3 is 9.84 Å². The lowest BCUT2D eigenvalue weighted by atomic mass is 10.1. The summed E-state index contributed by atoms with van der Waals surface area (Å²) in [6, 6.07) is 9.67. The van der Waals surface area contributed by atoms with Crippen LogP contribution in [-0.2, 0) is 9.59 Å². The Morgan fingerprint density at radius 2 is 1.54 bits per heavy atom. The quantitative estimate of drug-likeness (QED) is 0.535. The van der Waals surface area contributed by atoms with Gasteiger partial charge in [-0.1, -0.05) is 47.5 Å². The summed E-state index contributed by atoms with van der Waals surface area (Å²) in [5.74, 6) is -0.339. The molecule has 2 aromatic rings. The minimum absolute atomic E-state index is 0.0126. The predicted octanol–water partition coefficient (Wildman–Crippen LogP) is 4.96. The molecule has 2 aromatic carbocycles. The Kier molecular flexibility index (Phi) is 7.01. The third-order valence-electron chi connectivity index (χ3n) is 3.42. The molecule has 26 heavy (non-hydrogen) atoms. The van der Waals surface area contributed by atoms with Gasteiger partial charge in [-0.25, -0.2) is 0 Å². The Labute approximate surface area is 161 Å². The van der Waals surface area contributed by atoms with Gasteiger partial charge in [0.25, 0.3) is 0 Å². The van der Waals surface area contributed by atoms with Gasteiger partial charge in [-0.15, -0.1) is 0 Å². The minimum Gasteiger partial charge on any atom is -0.504 e. The monoisotopic (exact) mass is 390 g/mol. The first-order valence-corrected chi connectivity index (χ1v) is 8.38. The molecule has 0 aliphatic heterocycles. The van der Waals surface area contributed by atoms with Gasteiger partial charge in [0.2, 0.25) is 0 Å². The largest absolute Gasteiger partial charge is 0.504 e. The van der Waals surface area contributed by atoms with Crippen LogP contribution >= 0.6 is 23.2 Å². The first-order chi connectivity index (χ1) is 12.4. The van der Waals surface area contributed by atoms with Crippen molar-refractivity contribution in [2.45, 2.75) is 6.42 Å². The molecular formula is C20H16Cl2O4. The van der Waals surface area contributed by atoms with E-state index in [1.807, 2.05) is 0 Å². The zero-order chi connectivity index (χ0) is 19.1. The fourth-order valence-electron chi connectivity index (χ4n) is 2.08. The molecule has 0 radical (unpaired) electrons. The molecule has 0 fully saturated rings. The van der Waals surface area contributed by atoms with Gasteiger partial charge in [-0.05, 0) is 47.5 Å². The molecule has 0 aliphatic rings. The summed E-state index contributed by atoms with van der Waals surface area (Å²) in [5, 5.41) is 10.4. The second kappa shape index (κ2) is 9.22. The molecule has 0 bridgehead atoms. The summed E-state index contributed by atoms with van der Waals surface area (Å²) in [7, 11) is 1.44. The summed E-state index contributed by atoms with van der Waals surface area (Å²) < 4.78 is 5.00. The molecule has 134 valence electrons. The highest BCUT2D eigenvalue weighted by Crippen LogP contribution is 2.26. The van der Waals surface area contributed by atoms with Crippen LogP contribution in [0.25, 0.3) is 12.2 Å². The van der Waals surface area contributed by atoms with Crippen molar-refractivity contribution in [2.75, 3.05) is 7.11 Å². The third kappa shape index (κ3) is 5.76. The number of rotatable bonds is 7. The second-order valence-corrected chi connectivity index (χ2v) is 6.20. The molecule has 1 N–H and O–H groups in total. The van der Waals surface area contributed by atoms with E-state index >= 15 is 0 Å². The number of halogens is 2. The highest BCUT2D eigenvalue weighted by molar-refractivity contribution is 6.42. The maximum absolute atomic E-state index is 11.9. The predicted molar refractivity (Wildman–Crippen MR) is 104 cm³/mol. The van der Waals surface area contributed by atoms with Crippen molar-refractivity contribution in [3.8, 4) is 11.5 Å². The number of carbonyl (C=O) groups is 2. The zero-order valence-corrected chi connectivity index (χ0v) is 15.4. The number of hydrogen-bond acceptors (Lipinski definition) is 4. The first-order valence-electron chi connectivity index (χ1n) is 7.63. The molecule has 4 nitrogen and oxygen atoms in total. The number of allylic oxidation sites excluding steroid dienone is 2. The van der Waals surface area contributed by atoms with Crippen LogP contribution in [0.3, 0.4) is 0 Å². The molecular weight excluding hydrogens is 375 g/mol. The normalized spacial score (nSPS) is 11.2. The van der Waals surface area contributed by atoms with Gasteiger partial charge in [-0.2, -0.15) is 0 Å². The third-order valence-corrected chi connectivity index (χ3v) is 4.16. The fraction of sp³-hybridized carbons (Fsp3) is 0.100. The van der Waals surface area contributed by atoms with Crippen molar-refractivity contribution in [3.63, 3.8) is 0 Å². The SMILES string of the molecule is COc1cc(C=CC(=O)CC(=O)C=Cc2ccc(Cl)c(Cl)c2)ccc1O. The van der Waals surface area contributed by atoms with Crippen LogP contribution < -0.4 is 4.74 Å². The molecule has 0 aromatic heterocycles. The molecule has 6 heteroatoms. The van der Waals surface area contributed by atoms with Crippen LogP contribution in [0.2, 0.25) is 10.0 Å². The van der Waals surface area contributed by atoms with Gasteiger partial charge in [-0.3, -0.25) is 9.59 Å². The summed E-state index contributed by atoms with van der Waals surface area (Å²) in [4.78, 5) is 23.8.